The zero-order valence-electron chi connectivity index (χ0n) is 22.7. The van der Waals surface area contributed by atoms with E-state index in [0.717, 1.165) is 0 Å². The van der Waals surface area contributed by atoms with Crippen molar-refractivity contribution < 1.29 is 37.5 Å². The number of carbonyl (C=O) groups excluding carboxylic acids is 1. The van der Waals surface area contributed by atoms with Crippen LogP contribution < -0.4 is 11.3 Å². The van der Waals surface area contributed by atoms with Gasteiger partial charge in [0.25, 0.3) is 5.56 Å². The predicted octanol–water partition coefficient (Wildman–Crippen LogP) is 0.922. The Balaban J connectivity index is 1.43. The lowest BCUT2D eigenvalue weighted by molar-refractivity contribution is -0.0464. The molecule has 5 heterocycles. The quantitative estimate of drug-likeness (QED) is 0.0921. The molecule has 18 nitrogen and oxygen atoms in total. The standard InChI is InChI=1S/C22H25N9O9P2S2/c1-35-15-12(7-37-41)39-20(31-9-26-14-18(31)28-21(24)29-19(14)32)16(15)40-42(34,44)38-8-13-27-11-4-10(5-23)6-25-17(11)30(13)2-3-36-22(33)43/h4,6,9,12,15-16,20H,2-3,7-8,41H2,1H3,(H,33,43)(H,34,44)(H3,24,28,29,32)/t12-,15-,16-,20-,42?/m1/s1. The minimum atomic E-state index is -4.08. The van der Waals surface area contributed by atoms with E-state index in [-0.39, 0.29) is 54.9 Å². The van der Waals surface area contributed by atoms with Crippen LogP contribution in [0.15, 0.2) is 23.4 Å². The Kier molecular flexibility index (Phi) is 9.92. The van der Waals surface area contributed by atoms with E-state index in [0.29, 0.717) is 11.2 Å². The zero-order chi connectivity index (χ0) is 31.6. The molecule has 4 N–H and O–H groups in total. The molecule has 2 unspecified atom stereocenters. The topological polar surface area (TPSA) is 237 Å². The summed E-state index contributed by atoms with van der Waals surface area (Å²) in [7, 11) is 3.53. The molecule has 0 aliphatic carbocycles. The molecule has 4 aromatic rings. The van der Waals surface area contributed by atoms with E-state index < -0.39 is 42.1 Å². The summed E-state index contributed by atoms with van der Waals surface area (Å²) < 4.78 is 36.6. The fourth-order valence-electron chi connectivity index (χ4n) is 4.70. The molecule has 0 bridgehead atoms. The van der Waals surface area contributed by atoms with Crippen LogP contribution in [0.25, 0.3) is 22.3 Å². The summed E-state index contributed by atoms with van der Waals surface area (Å²) in [6.07, 6.45) is -1.02. The van der Waals surface area contributed by atoms with E-state index >= 15 is 0 Å². The summed E-state index contributed by atoms with van der Waals surface area (Å²) >= 11 is 8.97. The number of anilines is 1. The number of ether oxygens (including phenoxy) is 3. The zero-order valence-corrected chi connectivity index (χ0v) is 26.4. The largest absolute Gasteiger partial charge is 0.456 e. The first kappa shape index (κ1) is 32.3. The van der Waals surface area contributed by atoms with Crippen molar-refractivity contribution >= 4 is 74.2 Å². The average molecular weight is 686 g/mol. The number of hydrogen-bond donors (Lipinski definition) is 4. The van der Waals surface area contributed by atoms with Crippen molar-refractivity contribution in [2.75, 3.05) is 26.1 Å². The lowest BCUT2D eigenvalue weighted by Gasteiger charge is -2.27. The first-order valence-corrected chi connectivity index (χ1v) is 16.0. The molecular weight excluding hydrogens is 660 g/mol. The van der Waals surface area contributed by atoms with Gasteiger partial charge in [-0.2, -0.15) is 10.2 Å². The highest BCUT2D eigenvalue weighted by Gasteiger charge is 2.49. The normalized spacial score (nSPS) is 21.4. The van der Waals surface area contributed by atoms with Gasteiger partial charge < -0.3 is 38.5 Å². The minimum Gasteiger partial charge on any atom is -0.456 e. The van der Waals surface area contributed by atoms with Crippen LogP contribution in [0.3, 0.4) is 0 Å². The first-order chi connectivity index (χ1) is 21.0. The van der Waals surface area contributed by atoms with Crippen molar-refractivity contribution in [1.82, 2.24) is 34.1 Å². The van der Waals surface area contributed by atoms with Crippen LogP contribution in [-0.4, -0.2) is 82.9 Å². The Hall–Kier alpha value is -3.08. The molecule has 5 rings (SSSR count). The first-order valence-electron chi connectivity index (χ1n) is 12.5. The molecule has 0 aromatic carbocycles. The number of pyridine rings is 1. The van der Waals surface area contributed by atoms with Crippen molar-refractivity contribution in [2.24, 2.45) is 0 Å². The van der Waals surface area contributed by atoms with Gasteiger partial charge in [0, 0.05) is 22.8 Å². The van der Waals surface area contributed by atoms with Crippen molar-refractivity contribution in [3.63, 3.8) is 0 Å². The van der Waals surface area contributed by atoms with Crippen LogP contribution in [-0.2, 0) is 52.7 Å². The van der Waals surface area contributed by atoms with Crippen LogP contribution in [0.2, 0.25) is 0 Å². The molecular formula is C22H25N9O9P2S2. The van der Waals surface area contributed by atoms with Gasteiger partial charge in [0.2, 0.25) is 5.95 Å². The predicted molar refractivity (Wildman–Crippen MR) is 162 cm³/mol. The highest BCUT2D eigenvalue weighted by atomic mass is 32.5. The molecule has 0 amide bonds. The summed E-state index contributed by atoms with van der Waals surface area (Å²) in [5.41, 5.74) is 6.31. The number of fused-ring (bicyclic) bond motifs is 2. The van der Waals surface area contributed by atoms with Gasteiger partial charge in [-0.15, -0.1) is 0 Å². The number of aromatic amines is 1. The highest BCUT2D eigenvalue weighted by Crippen LogP contribution is 2.50. The van der Waals surface area contributed by atoms with Gasteiger partial charge in [-0.1, -0.05) is 12.6 Å². The van der Waals surface area contributed by atoms with Crippen LogP contribution >= 0.6 is 28.8 Å². The number of carbonyl (C=O) groups is 1. The maximum absolute atomic E-state index is 12.4. The maximum atomic E-state index is 12.4. The second-order valence-corrected chi connectivity index (χ2v) is 12.6. The minimum absolute atomic E-state index is 0.00314. The van der Waals surface area contributed by atoms with E-state index in [2.05, 4.69) is 47.0 Å². The lowest BCUT2D eigenvalue weighted by atomic mass is 10.1. The van der Waals surface area contributed by atoms with Gasteiger partial charge in [-0.25, -0.2) is 19.7 Å². The summed E-state index contributed by atoms with van der Waals surface area (Å²) in [6.45, 7) is -4.34. The molecule has 234 valence electrons. The number of H-pyrrole nitrogens is 1. The van der Waals surface area contributed by atoms with Gasteiger partial charge >= 0.3 is 12.0 Å². The monoisotopic (exact) mass is 685 g/mol. The number of nitrogen functional groups attached to an aromatic ring is 1. The number of aromatic nitrogens is 7. The number of nitrogens with two attached hydrogens (primary N) is 1. The van der Waals surface area contributed by atoms with Crippen LogP contribution in [0.5, 0.6) is 0 Å². The van der Waals surface area contributed by atoms with Crippen LogP contribution in [0.1, 0.15) is 17.6 Å². The highest BCUT2D eigenvalue weighted by molar-refractivity contribution is 8.07. The van der Waals surface area contributed by atoms with Gasteiger partial charge in [-0.3, -0.25) is 18.9 Å². The molecule has 1 aliphatic rings. The Bertz CT molecular complexity index is 1850. The van der Waals surface area contributed by atoms with Crippen LogP contribution in [0.4, 0.5) is 10.7 Å². The van der Waals surface area contributed by atoms with Crippen molar-refractivity contribution in [1.29, 1.82) is 5.26 Å². The van der Waals surface area contributed by atoms with Gasteiger partial charge in [0.15, 0.2) is 23.0 Å². The third-order valence-corrected chi connectivity index (χ3v) is 8.35. The molecule has 1 aliphatic heterocycles. The van der Waals surface area contributed by atoms with Gasteiger partial charge in [0.05, 0.1) is 25.0 Å². The Morgan fingerprint density at radius 3 is 2.86 bits per heavy atom. The molecule has 0 saturated carbocycles. The Morgan fingerprint density at radius 1 is 1.36 bits per heavy atom. The lowest BCUT2D eigenvalue weighted by Crippen LogP contribution is -2.37. The molecule has 0 spiro atoms. The number of nitriles is 1. The molecule has 22 heteroatoms. The molecule has 6 atom stereocenters. The number of thiol groups is 1. The number of nitrogens with zero attached hydrogens (tertiary/aromatic N) is 7. The number of imidazole rings is 2. The van der Waals surface area contributed by atoms with E-state index in [1.165, 1.54) is 30.3 Å². The summed E-state index contributed by atoms with van der Waals surface area (Å²) in [5, 5.41) is 8.48. The second-order valence-electron chi connectivity index (χ2n) is 9.16. The SMILES string of the molecule is CO[C@H]1[C@@H](OP(O)(=S)OCc2nc3cc(C#N)cnc3n2CCOC(=O)S)[C@H](n2cnc3c(=O)[nH]c(N)nc32)O[C@@H]1COP. The number of hydrogen-bond acceptors (Lipinski definition) is 15. The third kappa shape index (κ3) is 6.77. The van der Waals surface area contributed by atoms with E-state index in [1.54, 1.807) is 4.57 Å². The fourth-order valence-corrected chi connectivity index (χ4v) is 6.31. The van der Waals surface area contributed by atoms with E-state index in [9.17, 15) is 19.7 Å². The molecule has 4 aromatic heterocycles. The van der Waals surface area contributed by atoms with E-state index in [4.69, 9.17) is 45.3 Å². The number of methoxy groups -OCH3 is 1. The Labute approximate surface area is 260 Å². The number of rotatable bonds is 12. The van der Waals surface area contributed by atoms with Crippen molar-refractivity contribution in [2.45, 2.75) is 37.7 Å². The van der Waals surface area contributed by atoms with Crippen molar-refractivity contribution in [3.05, 3.63) is 40.3 Å². The summed E-state index contributed by atoms with van der Waals surface area (Å²) in [5.74, 6) is 0.104. The average Bonchev–Trinajstić information content (AvgIpc) is 3.64. The molecule has 1 saturated heterocycles. The summed E-state index contributed by atoms with van der Waals surface area (Å²) in [6, 6.07) is 3.52. The van der Waals surface area contributed by atoms with Gasteiger partial charge in [-0.05, 0) is 17.9 Å². The summed E-state index contributed by atoms with van der Waals surface area (Å²) in [4.78, 5) is 54.2. The van der Waals surface area contributed by atoms with E-state index in [1.807, 2.05) is 6.07 Å². The fraction of sp³-hybridized carbons (Fsp3) is 0.409. The van der Waals surface area contributed by atoms with Gasteiger partial charge in [0.1, 0.15) is 48.9 Å². The van der Waals surface area contributed by atoms with Crippen molar-refractivity contribution in [3.8, 4) is 6.07 Å². The smallest absolute Gasteiger partial charge is 0.364 e. The van der Waals surface area contributed by atoms with Crippen LogP contribution in [0, 0.1) is 11.3 Å². The molecule has 0 radical (unpaired) electrons. The number of nitrogens with one attached hydrogen (secondary N) is 1. The second kappa shape index (κ2) is 13.5. The maximum Gasteiger partial charge on any atom is 0.364 e. The molecule has 1 fully saturated rings. The third-order valence-electron chi connectivity index (χ3n) is 6.49. The Morgan fingerprint density at radius 2 is 2.16 bits per heavy atom. The molecule has 44 heavy (non-hydrogen) atoms.